The topological polar surface area (TPSA) is 12.5 Å². The average Bonchev–Trinajstić information content (AvgIpc) is 2.86. The van der Waals surface area contributed by atoms with Gasteiger partial charge in [-0.3, -0.25) is 0 Å². The Morgan fingerprint density at radius 3 is 2.89 bits per heavy atom. The summed E-state index contributed by atoms with van der Waals surface area (Å²) in [6.45, 7) is 0.973. The largest absolute Gasteiger partial charge is 0.454 e. The van der Waals surface area contributed by atoms with Crippen molar-refractivity contribution in [1.82, 2.24) is 0 Å². The number of benzene rings is 2. The van der Waals surface area contributed by atoms with Gasteiger partial charge in [0.15, 0.2) is 5.75 Å². The van der Waals surface area contributed by atoms with Gasteiger partial charge in [-0.05, 0) is 36.8 Å². The van der Waals surface area contributed by atoms with Crippen LogP contribution in [0, 0.1) is 0 Å². The lowest BCUT2D eigenvalue weighted by molar-refractivity contribution is 0.484. The normalized spacial score (nSPS) is 15.8. The summed E-state index contributed by atoms with van der Waals surface area (Å²) in [6, 6.07) is 13.9. The Kier molecular flexibility index (Phi) is 2.32. The third-order valence-corrected chi connectivity index (χ3v) is 3.81. The highest BCUT2D eigenvalue weighted by Crippen LogP contribution is 2.46. The lowest BCUT2D eigenvalue weighted by atomic mass is 10.1. The van der Waals surface area contributed by atoms with Gasteiger partial charge in [0, 0.05) is 22.8 Å². The molecule has 0 unspecified atom stereocenters. The Morgan fingerprint density at radius 1 is 1.05 bits per heavy atom. The van der Waals surface area contributed by atoms with E-state index in [9.17, 15) is 0 Å². The number of halogens is 1. The first-order valence-corrected chi connectivity index (χ1v) is 6.75. The summed E-state index contributed by atoms with van der Waals surface area (Å²) in [5.41, 5.74) is 3.41. The number of nitrogens with zero attached hydrogens (tertiary/aromatic N) is 1. The Balaban J connectivity index is 1.99. The van der Waals surface area contributed by atoms with Gasteiger partial charge < -0.3 is 9.64 Å². The highest BCUT2D eigenvalue weighted by molar-refractivity contribution is 6.31. The molecule has 19 heavy (non-hydrogen) atoms. The van der Waals surface area contributed by atoms with Crippen molar-refractivity contribution in [3.05, 3.63) is 59.1 Å². The molecule has 0 fully saturated rings. The van der Waals surface area contributed by atoms with Gasteiger partial charge in [-0.1, -0.05) is 29.8 Å². The van der Waals surface area contributed by atoms with Gasteiger partial charge in [-0.2, -0.15) is 0 Å². The fourth-order valence-electron chi connectivity index (χ4n) is 2.74. The van der Waals surface area contributed by atoms with Crippen LogP contribution in [-0.4, -0.2) is 6.54 Å². The van der Waals surface area contributed by atoms with Crippen LogP contribution >= 0.6 is 11.6 Å². The summed E-state index contributed by atoms with van der Waals surface area (Å²) < 4.78 is 6.05. The highest BCUT2D eigenvalue weighted by atomic mass is 35.5. The molecule has 2 heterocycles. The van der Waals surface area contributed by atoms with E-state index in [1.165, 1.54) is 5.70 Å². The second-order valence-electron chi connectivity index (χ2n) is 4.74. The molecule has 0 aromatic heterocycles. The number of fused-ring (bicyclic) bond motifs is 5. The van der Waals surface area contributed by atoms with E-state index in [2.05, 4.69) is 17.0 Å². The van der Waals surface area contributed by atoms with Crippen LogP contribution in [0.2, 0.25) is 5.02 Å². The van der Waals surface area contributed by atoms with E-state index in [1.807, 2.05) is 36.4 Å². The molecule has 0 bridgehead atoms. The van der Waals surface area contributed by atoms with Crippen molar-refractivity contribution in [1.29, 1.82) is 0 Å². The molecule has 3 heteroatoms. The average molecular weight is 270 g/mol. The Morgan fingerprint density at radius 2 is 1.95 bits per heavy atom. The fourth-order valence-corrected chi connectivity index (χ4v) is 2.91. The molecule has 94 valence electrons. The van der Waals surface area contributed by atoms with Gasteiger partial charge in [0.25, 0.3) is 0 Å². The molecular weight excluding hydrogens is 258 g/mol. The van der Waals surface area contributed by atoms with E-state index < -0.39 is 0 Å². The Bertz CT molecular complexity index is 693. The molecule has 2 aromatic carbocycles. The van der Waals surface area contributed by atoms with Crippen molar-refractivity contribution < 1.29 is 4.74 Å². The van der Waals surface area contributed by atoms with Crippen molar-refractivity contribution >= 4 is 23.0 Å². The summed E-state index contributed by atoms with van der Waals surface area (Å²) in [4.78, 5) is 2.28. The van der Waals surface area contributed by atoms with Gasteiger partial charge >= 0.3 is 0 Å². The lowest BCUT2D eigenvalue weighted by Crippen LogP contribution is -2.16. The molecule has 0 amide bonds. The van der Waals surface area contributed by atoms with E-state index >= 15 is 0 Å². The van der Waals surface area contributed by atoms with Crippen LogP contribution < -0.4 is 9.64 Å². The van der Waals surface area contributed by atoms with Crippen molar-refractivity contribution in [2.75, 3.05) is 11.4 Å². The van der Waals surface area contributed by atoms with E-state index in [1.54, 1.807) is 0 Å². The highest BCUT2D eigenvalue weighted by Gasteiger charge is 2.27. The predicted molar refractivity (Wildman–Crippen MR) is 77.9 cm³/mol. The number of hydrogen-bond acceptors (Lipinski definition) is 2. The molecule has 0 aliphatic carbocycles. The molecule has 0 N–H and O–H groups in total. The first kappa shape index (κ1) is 10.9. The molecule has 0 radical (unpaired) electrons. The first-order chi connectivity index (χ1) is 9.33. The summed E-state index contributed by atoms with van der Waals surface area (Å²) >= 11 is 6.13. The SMILES string of the molecule is Clc1ccc2c(c1)N1CCC=C1c1ccccc1O2. The van der Waals surface area contributed by atoms with Crippen LogP contribution in [0.5, 0.6) is 11.5 Å². The Hall–Kier alpha value is -1.93. The second kappa shape index (κ2) is 4.04. The van der Waals surface area contributed by atoms with Crippen molar-refractivity contribution in [3.63, 3.8) is 0 Å². The number of para-hydroxylation sites is 1. The quantitative estimate of drug-likeness (QED) is 0.687. The van der Waals surface area contributed by atoms with Crippen LogP contribution in [0.15, 0.2) is 48.5 Å². The van der Waals surface area contributed by atoms with E-state index in [0.717, 1.165) is 40.7 Å². The number of anilines is 1. The van der Waals surface area contributed by atoms with E-state index in [0.29, 0.717) is 0 Å². The fraction of sp³-hybridized carbons (Fsp3) is 0.125. The van der Waals surface area contributed by atoms with Gasteiger partial charge in [0.05, 0.1) is 5.69 Å². The molecule has 2 aliphatic rings. The van der Waals surface area contributed by atoms with Gasteiger partial charge in [-0.15, -0.1) is 0 Å². The number of ether oxygens (including phenoxy) is 1. The van der Waals surface area contributed by atoms with Crippen molar-refractivity contribution in [3.8, 4) is 11.5 Å². The Labute approximate surface area is 116 Å². The summed E-state index contributed by atoms with van der Waals surface area (Å²) in [7, 11) is 0. The van der Waals surface area contributed by atoms with Gasteiger partial charge in [0.1, 0.15) is 5.75 Å². The summed E-state index contributed by atoms with van der Waals surface area (Å²) in [5, 5.41) is 0.736. The zero-order valence-corrected chi connectivity index (χ0v) is 11.0. The van der Waals surface area contributed by atoms with Crippen LogP contribution in [0.25, 0.3) is 5.70 Å². The molecular formula is C16H12ClNO. The molecule has 2 aliphatic heterocycles. The minimum atomic E-state index is 0.736. The van der Waals surface area contributed by atoms with Crippen molar-refractivity contribution in [2.45, 2.75) is 6.42 Å². The van der Waals surface area contributed by atoms with Crippen LogP contribution in [0.4, 0.5) is 5.69 Å². The first-order valence-electron chi connectivity index (χ1n) is 6.37. The zero-order chi connectivity index (χ0) is 12.8. The maximum atomic E-state index is 6.13. The molecule has 0 saturated carbocycles. The predicted octanol–water partition coefficient (Wildman–Crippen LogP) is 4.70. The molecule has 0 saturated heterocycles. The number of rotatable bonds is 0. The zero-order valence-electron chi connectivity index (χ0n) is 10.3. The third-order valence-electron chi connectivity index (χ3n) is 3.58. The third kappa shape index (κ3) is 1.64. The van der Waals surface area contributed by atoms with Gasteiger partial charge in [-0.25, -0.2) is 0 Å². The van der Waals surface area contributed by atoms with Crippen LogP contribution in [-0.2, 0) is 0 Å². The molecule has 2 nitrogen and oxygen atoms in total. The van der Waals surface area contributed by atoms with Crippen molar-refractivity contribution in [2.24, 2.45) is 0 Å². The standard InChI is InChI=1S/C16H12ClNO/c17-11-7-8-16-14(10-11)18-9-3-5-13(18)12-4-1-2-6-15(12)19-16/h1-2,4-8,10H,3,9H2. The van der Waals surface area contributed by atoms with E-state index in [4.69, 9.17) is 16.3 Å². The second-order valence-corrected chi connectivity index (χ2v) is 5.18. The summed E-state index contributed by atoms with van der Waals surface area (Å²) in [6.07, 6.45) is 3.31. The molecule has 2 aromatic rings. The molecule has 4 rings (SSSR count). The minimum Gasteiger partial charge on any atom is -0.454 e. The van der Waals surface area contributed by atoms with Gasteiger partial charge in [0.2, 0.25) is 0 Å². The summed E-state index contributed by atoms with van der Waals surface area (Å²) in [5.74, 6) is 1.77. The number of hydrogen-bond donors (Lipinski definition) is 0. The van der Waals surface area contributed by atoms with E-state index in [-0.39, 0.29) is 0 Å². The van der Waals surface area contributed by atoms with Crippen LogP contribution in [0.1, 0.15) is 12.0 Å². The van der Waals surface area contributed by atoms with Crippen LogP contribution in [0.3, 0.4) is 0 Å². The monoisotopic (exact) mass is 269 g/mol. The lowest BCUT2D eigenvalue weighted by Gasteiger charge is -2.21. The molecule has 0 spiro atoms. The maximum absolute atomic E-state index is 6.13. The smallest absolute Gasteiger partial charge is 0.151 e. The maximum Gasteiger partial charge on any atom is 0.151 e. The minimum absolute atomic E-state index is 0.736. The molecule has 0 atom stereocenters.